The van der Waals surface area contributed by atoms with Crippen LogP contribution >= 0.6 is 15.9 Å². The van der Waals surface area contributed by atoms with Gasteiger partial charge in [0.1, 0.15) is 11.6 Å². The number of benzene rings is 1. The second-order valence-electron chi connectivity index (χ2n) is 10.4. The normalized spacial score (nSPS) is 35.1. The van der Waals surface area contributed by atoms with Crippen molar-refractivity contribution in [3.05, 3.63) is 35.9 Å². The monoisotopic (exact) mass is 547 g/mol. The van der Waals surface area contributed by atoms with Crippen molar-refractivity contribution in [3.63, 3.8) is 0 Å². The highest BCUT2D eigenvalue weighted by molar-refractivity contribution is 9.09. The Balaban J connectivity index is 1.53. The van der Waals surface area contributed by atoms with E-state index in [1.807, 2.05) is 30.3 Å². The van der Waals surface area contributed by atoms with Crippen LogP contribution < -0.4 is 10.6 Å². The minimum Gasteiger partial charge on any atom is -0.394 e. The van der Waals surface area contributed by atoms with Crippen molar-refractivity contribution in [1.29, 1.82) is 0 Å². The molecule has 35 heavy (non-hydrogen) atoms. The number of likely N-dealkylation sites (tertiary alicyclic amines) is 1. The Hall–Kier alpha value is -1.97. The number of carbonyl (C=O) groups is 3. The molecule has 3 aliphatic heterocycles. The number of hydrogen-bond donors (Lipinski definition) is 3. The minimum absolute atomic E-state index is 0.0680. The molecule has 0 aromatic heterocycles. The lowest BCUT2D eigenvalue weighted by molar-refractivity contribution is -0.145. The molecule has 3 unspecified atom stereocenters. The van der Waals surface area contributed by atoms with Crippen LogP contribution in [0, 0.1) is 11.8 Å². The van der Waals surface area contributed by atoms with E-state index in [1.54, 1.807) is 11.9 Å². The Morgan fingerprint density at radius 2 is 1.91 bits per heavy atom. The summed E-state index contributed by atoms with van der Waals surface area (Å²) in [7, 11) is 1.56. The van der Waals surface area contributed by atoms with E-state index in [9.17, 15) is 19.5 Å². The lowest BCUT2D eigenvalue weighted by atomic mass is 9.70. The zero-order valence-corrected chi connectivity index (χ0v) is 21.6. The van der Waals surface area contributed by atoms with Crippen LogP contribution in [0.3, 0.4) is 0 Å². The van der Waals surface area contributed by atoms with Crippen molar-refractivity contribution < 1.29 is 24.2 Å². The van der Waals surface area contributed by atoms with Gasteiger partial charge in [0.2, 0.25) is 17.7 Å². The van der Waals surface area contributed by atoms with Gasteiger partial charge in [-0.1, -0.05) is 65.5 Å². The van der Waals surface area contributed by atoms with Crippen molar-refractivity contribution in [3.8, 4) is 0 Å². The van der Waals surface area contributed by atoms with E-state index in [4.69, 9.17) is 4.74 Å². The molecular weight excluding hydrogens is 514 g/mol. The van der Waals surface area contributed by atoms with Gasteiger partial charge in [0, 0.05) is 17.9 Å². The maximum atomic E-state index is 14.1. The fraction of sp³-hybridized carbons (Fsp3) is 0.654. The van der Waals surface area contributed by atoms with E-state index in [0.29, 0.717) is 12.8 Å². The smallest absolute Gasteiger partial charge is 0.246 e. The number of amides is 3. The Kier molecular flexibility index (Phi) is 6.94. The summed E-state index contributed by atoms with van der Waals surface area (Å²) < 4.78 is 6.49. The van der Waals surface area contributed by atoms with E-state index in [0.717, 1.165) is 31.2 Å². The van der Waals surface area contributed by atoms with E-state index < -0.39 is 35.6 Å². The van der Waals surface area contributed by atoms with Crippen molar-refractivity contribution in [2.75, 3.05) is 13.7 Å². The van der Waals surface area contributed by atoms with E-state index in [1.165, 1.54) is 6.42 Å². The largest absolute Gasteiger partial charge is 0.394 e. The quantitative estimate of drug-likeness (QED) is 0.448. The van der Waals surface area contributed by atoms with Gasteiger partial charge in [0.15, 0.2) is 0 Å². The molecule has 4 aliphatic rings. The third-order valence-corrected chi connectivity index (χ3v) is 9.24. The maximum Gasteiger partial charge on any atom is 0.246 e. The zero-order chi connectivity index (χ0) is 24.7. The topological polar surface area (TPSA) is 108 Å². The van der Waals surface area contributed by atoms with E-state index in [-0.39, 0.29) is 35.2 Å². The summed E-state index contributed by atoms with van der Waals surface area (Å²) in [6.07, 6.45) is 5.54. The number of alkyl halides is 1. The molecule has 8 nitrogen and oxygen atoms in total. The first-order valence-corrected chi connectivity index (χ1v) is 13.6. The molecule has 1 spiro atoms. The predicted molar refractivity (Wildman–Crippen MR) is 133 cm³/mol. The van der Waals surface area contributed by atoms with Crippen LogP contribution in [0.15, 0.2) is 30.3 Å². The number of aliphatic hydroxyl groups is 1. The first-order valence-electron chi connectivity index (χ1n) is 12.7. The molecule has 0 radical (unpaired) electrons. The van der Waals surface area contributed by atoms with E-state index in [2.05, 4.69) is 26.6 Å². The Labute approximate surface area is 214 Å². The summed E-state index contributed by atoms with van der Waals surface area (Å²) in [5, 5.41) is 16.3. The summed E-state index contributed by atoms with van der Waals surface area (Å²) in [5.74, 6) is -2.21. The molecule has 2 bridgehead atoms. The standard InChI is InChI=1S/C26H34BrN3O5/c1-28-23(32)19-20-25(34)30(17(14-31)12-15-8-4-2-5-9-15)22(26(20)13-18(27)21(19)35-26)24(33)29-16-10-6-3-7-11-16/h2,4-5,8-9,16-22,31H,3,6-7,10-14H2,1H3,(H,28,32)(H,29,33)/t17-,18?,19-,20+,21-,22?,26?/m1/s1. The number of aliphatic hydroxyl groups excluding tert-OH is 1. The van der Waals surface area contributed by atoms with Crippen molar-refractivity contribution in [2.45, 2.75) is 79.6 Å². The summed E-state index contributed by atoms with van der Waals surface area (Å²) in [5.41, 5.74) is -0.137. The average molecular weight is 548 g/mol. The molecule has 1 aliphatic carbocycles. The highest BCUT2D eigenvalue weighted by Crippen LogP contribution is 2.60. The molecule has 1 saturated carbocycles. The Bertz CT molecular complexity index is 971. The minimum atomic E-state index is -1.10. The fourth-order valence-electron chi connectivity index (χ4n) is 6.89. The number of rotatable bonds is 7. The number of ether oxygens (including phenoxy) is 1. The Morgan fingerprint density at radius 1 is 1.20 bits per heavy atom. The van der Waals surface area contributed by atoms with Crippen LogP contribution in [-0.4, -0.2) is 76.0 Å². The van der Waals surface area contributed by atoms with Crippen molar-refractivity contribution in [1.82, 2.24) is 15.5 Å². The number of carbonyl (C=O) groups excluding carboxylic acids is 3. The van der Waals surface area contributed by atoms with Crippen LogP contribution in [0.2, 0.25) is 0 Å². The molecule has 4 fully saturated rings. The second kappa shape index (κ2) is 9.82. The predicted octanol–water partition coefficient (Wildman–Crippen LogP) is 1.53. The number of halogens is 1. The van der Waals surface area contributed by atoms with Gasteiger partial charge in [-0.05, 0) is 31.2 Å². The third kappa shape index (κ3) is 4.09. The maximum absolute atomic E-state index is 14.1. The van der Waals surface area contributed by atoms with Gasteiger partial charge in [-0.2, -0.15) is 0 Å². The highest BCUT2D eigenvalue weighted by atomic mass is 79.9. The summed E-state index contributed by atoms with van der Waals surface area (Å²) in [6.45, 7) is -0.289. The first kappa shape index (κ1) is 24.7. The summed E-state index contributed by atoms with van der Waals surface area (Å²) in [6, 6.07) is 8.20. The number of nitrogens with zero attached hydrogens (tertiary/aromatic N) is 1. The molecule has 3 saturated heterocycles. The lowest BCUT2D eigenvalue weighted by Crippen LogP contribution is -2.60. The summed E-state index contributed by atoms with van der Waals surface area (Å²) in [4.78, 5) is 42.3. The number of nitrogens with one attached hydrogen (secondary N) is 2. The first-order chi connectivity index (χ1) is 16.9. The highest BCUT2D eigenvalue weighted by Gasteiger charge is 2.77. The van der Waals surface area contributed by atoms with Crippen molar-refractivity contribution in [2.24, 2.45) is 11.8 Å². The van der Waals surface area contributed by atoms with E-state index >= 15 is 0 Å². The van der Waals surface area contributed by atoms with Crippen LogP contribution in [0.25, 0.3) is 0 Å². The molecule has 7 atom stereocenters. The summed E-state index contributed by atoms with van der Waals surface area (Å²) >= 11 is 3.67. The molecular formula is C26H34BrN3O5. The van der Waals surface area contributed by atoms with Crippen LogP contribution in [0.5, 0.6) is 0 Å². The van der Waals surface area contributed by atoms with Gasteiger partial charge in [-0.3, -0.25) is 14.4 Å². The van der Waals surface area contributed by atoms with Gasteiger partial charge in [0.25, 0.3) is 0 Å². The van der Waals surface area contributed by atoms with Gasteiger partial charge in [0.05, 0.1) is 30.6 Å². The molecule has 5 rings (SSSR count). The number of hydrogen-bond acceptors (Lipinski definition) is 5. The van der Waals surface area contributed by atoms with Crippen molar-refractivity contribution >= 4 is 33.7 Å². The zero-order valence-electron chi connectivity index (χ0n) is 20.0. The number of fused-ring (bicyclic) bond motifs is 1. The van der Waals surface area contributed by atoms with Gasteiger partial charge in [-0.25, -0.2) is 0 Å². The van der Waals surface area contributed by atoms with Gasteiger partial charge < -0.3 is 25.4 Å². The lowest BCUT2D eigenvalue weighted by Gasteiger charge is -2.38. The SMILES string of the molecule is CNC(=O)[C@H]1[C@@H]2OC3(CC2Br)C(C(=O)NC2CCCCC2)N([C@@H](CO)Cc2ccccc2)C(=O)[C@H]13. The third-order valence-electron chi connectivity index (χ3n) is 8.39. The molecule has 190 valence electrons. The fourth-order valence-corrected chi connectivity index (χ4v) is 7.83. The average Bonchev–Trinajstić information content (AvgIpc) is 3.46. The van der Waals surface area contributed by atoms with Crippen LogP contribution in [0.1, 0.15) is 44.1 Å². The molecule has 3 heterocycles. The molecule has 9 heteroatoms. The van der Waals surface area contributed by atoms with Gasteiger partial charge in [-0.15, -0.1) is 0 Å². The molecule has 1 aromatic carbocycles. The molecule has 3 amide bonds. The van der Waals surface area contributed by atoms with Crippen LogP contribution in [-0.2, 0) is 25.5 Å². The molecule has 3 N–H and O–H groups in total. The van der Waals surface area contributed by atoms with Gasteiger partial charge >= 0.3 is 0 Å². The Morgan fingerprint density at radius 3 is 2.57 bits per heavy atom. The molecule has 1 aromatic rings. The van der Waals surface area contributed by atoms with Crippen LogP contribution in [0.4, 0.5) is 0 Å². The second-order valence-corrected chi connectivity index (χ2v) is 11.6.